The smallest absolute Gasteiger partial charge is 0.306 e. The number of nitrogens with zero attached hydrogens (tertiary/aromatic N) is 1. The van der Waals surface area contributed by atoms with Crippen molar-refractivity contribution in [1.29, 1.82) is 0 Å². The lowest BCUT2D eigenvalue weighted by Crippen LogP contribution is -2.37. The normalized spacial score (nSPS) is 23.3. The topological polar surface area (TPSA) is 79.3 Å². The Morgan fingerprint density at radius 1 is 1.53 bits per heavy atom. The van der Waals surface area contributed by atoms with Gasteiger partial charge in [0.25, 0.3) is 5.91 Å². The number of carbonyl (C=O) groups excluding carboxylic acids is 1. The molecule has 0 aromatic carbocycles. The Morgan fingerprint density at radius 3 is 3.00 bits per heavy atom. The first-order chi connectivity index (χ1) is 8.16. The maximum atomic E-state index is 11.7. The summed E-state index contributed by atoms with van der Waals surface area (Å²) in [5, 5.41) is 13.3. The highest BCUT2D eigenvalue weighted by atomic mass is 32.1. The summed E-state index contributed by atoms with van der Waals surface area (Å²) >= 11 is 1.35. The maximum Gasteiger partial charge on any atom is 0.306 e. The second-order valence-corrected chi connectivity index (χ2v) is 4.61. The molecule has 2 rings (SSSR count). The fourth-order valence-corrected chi connectivity index (χ4v) is 2.30. The van der Waals surface area contributed by atoms with Crippen molar-refractivity contribution in [1.82, 2.24) is 10.3 Å². The van der Waals surface area contributed by atoms with E-state index in [9.17, 15) is 9.59 Å². The zero-order chi connectivity index (χ0) is 12.3. The summed E-state index contributed by atoms with van der Waals surface area (Å²) in [7, 11) is 0. The van der Waals surface area contributed by atoms with Gasteiger partial charge in [-0.15, -0.1) is 11.3 Å². The number of amides is 1. The fraction of sp³-hybridized carbons (Fsp3) is 0.364. The summed E-state index contributed by atoms with van der Waals surface area (Å²) in [6.07, 6.45) is 4.60. The molecule has 2 N–H and O–H groups in total. The van der Waals surface area contributed by atoms with E-state index < -0.39 is 11.9 Å². The van der Waals surface area contributed by atoms with Crippen molar-refractivity contribution in [3.63, 3.8) is 0 Å². The van der Waals surface area contributed by atoms with Crippen LogP contribution in [0.3, 0.4) is 0 Å². The third-order valence-corrected chi connectivity index (χ3v) is 3.24. The maximum absolute atomic E-state index is 11.7. The van der Waals surface area contributed by atoms with Crippen LogP contribution in [0.4, 0.5) is 0 Å². The molecule has 1 aliphatic carbocycles. The lowest BCUT2D eigenvalue weighted by molar-refractivity contribution is -0.142. The van der Waals surface area contributed by atoms with E-state index >= 15 is 0 Å². The average molecular weight is 252 g/mol. The van der Waals surface area contributed by atoms with Crippen LogP contribution in [0.1, 0.15) is 23.3 Å². The van der Waals surface area contributed by atoms with E-state index in [2.05, 4.69) is 10.3 Å². The molecule has 90 valence electrons. The molecule has 0 spiro atoms. The van der Waals surface area contributed by atoms with E-state index in [1.165, 1.54) is 11.3 Å². The van der Waals surface area contributed by atoms with Crippen molar-refractivity contribution in [3.05, 3.63) is 28.7 Å². The SMILES string of the molecule is O=C(N[C@@H]1C=CC[C@@H](C(=O)O)C1)c1cscn1. The first kappa shape index (κ1) is 11.8. The van der Waals surface area contributed by atoms with Crippen LogP contribution in [-0.4, -0.2) is 28.0 Å². The Kier molecular flexibility index (Phi) is 3.53. The molecule has 1 aromatic heterocycles. The van der Waals surface area contributed by atoms with Crippen LogP contribution in [0.2, 0.25) is 0 Å². The molecule has 0 fully saturated rings. The van der Waals surface area contributed by atoms with E-state index in [1.54, 1.807) is 17.0 Å². The van der Waals surface area contributed by atoms with Gasteiger partial charge in [0.2, 0.25) is 0 Å². The summed E-state index contributed by atoms with van der Waals surface area (Å²) in [5.41, 5.74) is 1.96. The van der Waals surface area contributed by atoms with Crippen LogP contribution in [0.15, 0.2) is 23.0 Å². The number of hydrogen-bond donors (Lipinski definition) is 2. The molecule has 0 saturated carbocycles. The molecule has 0 bridgehead atoms. The Bertz CT molecular complexity index is 442. The second kappa shape index (κ2) is 5.09. The summed E-state index contributed by atoms with van der Waals surface area (Å²) in [4.78, 5) is 26.5. The van der Waals surface area contributed by atoms with Gasteiger partial charge in [0, 0.05) is 11.4 Å². The number of aromatic nitrogens is 1. The van der Waals surface area contributed by atoms with Crippen LogP contribution in [0, 0.1) is 5.92 Å². The van der Waals surface area contributed by atoms with Gasteiger partial charge < -0.3 is 10.4 Å². The Balaban J connectivity index is 1.96. The minimum absolute atomic E-state index is 0.223. The average Bonchev–Trinajstić information content (AvgIpc) is 2.82. The molecule has 17 heavy (non-hydrogen) atoms. The molecular weight excluding hydrogens is 240 g/mol. The molecule has 0 radical (unpaired) electrons. The highest BCUT2D eigenvalue weighted by molar-refractivity contribution is 7.07. The summed E-state index contributed by atoms with van der Waals surface area (Å²) in [6.45, 7) is 0. The predicted molar refractivity (Wildman–Crippen MR) is 62.9 cm³/mol. The largest absolute Gasteiger partial charge is 0.481 e. The number of carbonyl (C=O) groups is 2. The minimum atomic E-state index is -0.817. The van der Waals surface area contributed by atoms with Gasteiger partial charge in [-0.1, -0.05) is 12.2 Å². The minimum Gasteiger partial charge on any atom is -0.481 e. The number of carboxylic acids is 1. The second-order valence-electron chi connectivity index (χ2n) is 3.89. The van der Waals surface area contributed by atoms with Crippen LogP contribution in [0.5, 0.6) is 0 Å². The zero-order valence-electron chi connectivity index (χ0n) is 9.00. The third kappa shape index (κ3) is 2.91. The van der Waals surface area contributed by atoms with E-state index in [4.69, 9.17) is 5.11 Å². The number of hydrogen-bond acceptors (Lipinski definition) is 4. The van der Waals surface area contributed by atoms with Crippen molar-refractivity contribution in [3.8, 4) is 0 Å². The lowest BCUT2D eigenvalue weighted by atomic mass is 9.91. The van der Waals surface area contributed by atoms with Gasteiger partial charge >= 0.3 is 5.97 Å². The highest BCUT2D eigenvalue weighted by Gasteiger charge is 2.25. The molecule has 0 unspecified atom stereocenters. The van der Waals surface area contributed by atoms with E-state index in [1.807, 2.05) is 6.08 Å². The number of nitrogens with one attached hydrogen (secondary N) is 1. The first-order valence-electron chi connectivity index (χ1n) is 5.25. The standard InChI is InChI=1S/C11H12N2O3S/c14-10(9-5-17-6-12-9)13-8-3-1-2-7(4-8)11(15)16/h1,3,5-8H,2,4H2,(H,13,14)(H,15,16)/t7-,8-/m1/s1. The Morgan fingerprint density at radius 2 is 2.35 bits per heavy atom. The van der Waals surface area contributed by atoms with Gasteiger partial charge in [0.15, 0.2) is 0 Å². The van der Waals surface area contributed by atoms with Gasteiger partial charge in [-0.25, -0.2) is 4.98 Å². The van der Waals surface area contributed by atoms with Crippen LogP contribution in [-0.2, 0) is 4.79 Å². The number of rotatable bonds is 3. The van der Waals surface area contributed by atoms with Gasteiger partial charge in [-0.05, 0) is 12.8 Å². The quantitative estimate of drug-likeness (QED) is 0.794. The van der Waals surface area contributed by atoms with Crippen molar-refractivity contribution in [2.24, 2.45) is 5.92 Å². The molecule has 1 heterocycles. The molecule has 6 heteroatoms. The van der Waals surface area contributed by atoms with Gasteiger partial charge in [0.1, 0.15) is 5.69 Å². The molecule has 1 aliphatic rings. The predicted octanol–water partition coefficient (Wildman–Crippen LogP) is 1.29. The molecule has 0 saturated heterocycles. The third-order valence-electron chi connectivity index (χ3n) is 2.66. The Hall–Kier alpha value is -1.69. The summed E-state index contributed by atoms with van der Waals surface area (Å²) in [6, 6.07) is -0.223. The van der Waals surface area contributed by atoms with E-state index in [0.29, 0.717) is 18.5 Å². The summed E-state index contributed by atoms with van der Waals surface area (Å²) in [5.74, 6) is -1.49. The highest BCUT2D eigenvalue weighted by Crippen LogP contribution is 2.19. The molecule has 1 aromatic rings. The summed E-state index contributed by atoms with van der Waals surface area (Å²) < 4.78 is 0. The van der Waals surface area contributed by atoms with Crippen LogP contribution >= 0.6 is 11.3 Å². The van der Waals surface area contributed by atoms with Crippen molar-refractivity contribution < 1.29 is 14.7 Å². The van der Waals surface area contributed by atoms with Crippen molar-refractivity contribution in [2.45, 2.75) is 18.9 Å². The van der Waals surface area contributed by atoms with Crippen LogP contribution in [0.25, 0.3) is 0 Å². The van der Waals surface area contributed by atoms with Gasteiger partial charge in [0.05, 0.1) is 11.4 Å². The Labute approximate surface area is 102 Å². The number of allylic oxidation sites excluding steroid dienone is 1. The monoisotopic (exact) mass is 252 g/mol. The van der Waals surface area contributed by atoms with Crippen molar-refractivity contribution >= 4 is 23.2 Å². The molecular formula is C11H12N2O3S. The molecule has 1 amide bonds. The lowest BCUT2D eigenvalue weighted by Gasteiger charge is -2.22. The first-order valence-corrected chi connectivity index (χ1v) is 6.19. The molecule has 2 atom stereocenters. The molecule has 0 aliphatic heterocycles. The molecule has 5 nitrogen and oxygen atoms in total. The van der Waals surface area contributed by atoms with Gasteiger partial charge in [-0.2, -0.15) is 0 Å². The van der Waals surface area contributed by atoms with E-state index in [0.717, 1.165) is 0 Å². The van der Waals surface area contributed by atoms with Gasteiger partial charge in [-0.3, -0.25) is 9.59 Å². The van der Waals surface area contributed by atoms with Crippen molar-refractivity contribution in [2.75, 3.05) is 0 Å². The van der Waals surface area contributed by atoms with E-state index in [-0.39, 0.29) is 11.9 Å². The number of carboxylic acid groups (broad SMARTS) is 1. The number of aliphatic carboxylic acids is 1. The fourth-order valence-electron chi connectivity index (χ4n) is 1.76. The number of thiazole rings is 1. The zero-order valence-corrected chi connectivity index (χ0v) is 9.81. The van der Waals surface area contributed by atoms with Crippen LogP contribution < -0.4 is 5.32 Å².